The van der Waals surface area contributed by atoms with Crippen LogP contribution in [0.15, 0.2) is 35.5 Å². The number of nitrogens with zero attached hydrogens (tertiary/aromatic N) is 1. The zero-order chi connectivity index (χ0) is 14.1. The van der Waals surface area contributed by atoms with Crippen LogP contribution < -0.4 is 11.1 Å². The number of rotatable bonds is 7. The first kappa shape index (κ1) is 15.0. The van der Waals surface area contributed by atoms with Crippen molar-refractivity contribution in [2.75, 3.05) is 6.54 Å². The summed E-state index contributed by atoms with van der Waals surface area (Å²) in [5.41, 5.74) is 6.69. The lowest BCUT2D eigenvalue weighted by Crippen LogP contribution is -2.39. The average Bonchev–Trinajstić information content (AvgIpc) is 2.45. The highest BCUT2D eigenvalue weighted by Gasteiger charge is 2.21. The quantitative estimate of drug-likeness (QED) is 0.301. The Morgan fingerprint density at radius 1 is 1.42 bits per heavy atom. The zero-order valence-electron chi connectivity index (χ0n) is 11.2. The molecule has 1 aromatic carbocycles. The maximum Gasteiger partial charge on any atom is 0.230 e. The Hall–Kier alpha value is -2.04. The monoisotopic (exact) mass is 263 g/mol. The maximum atomic E-state index is 11.9. The van der Waals surface area contributed by atoms with E-state index >= 15 is 0 Å². The molecular weight excluding hydrogens is 242 g/mol. The summed E-state index contributed by atoms with van der Waals surface area (Å²) in [5.74, 6) is -0.766. The molecule has 0 radical (unpaired) electrons. The number of carbonyl (C=O) groups is 1. The smallest absolute Gasteiger partial charge is 0.230 e. The third-order valence-electron chi connectivity index (χ3n) is 2.92. The normalized spacial score (nSPS) is 13.0. The molecule has 0 aliphatic carbocycles. The van der Waals surface area contributed by atoms with Crippen LogP contribution in [0.25, 0.3) is 0 Å². The summed E-state index contributed by atoms with van der Waals surface area (Å²) in [6.07, 6.45) is 2.14. The summed E-state index contributed by atoms with van der Waals surface area (Å²) in [6.45, 7) is 2.50. The van der Waals surface area contributed by atoms with Gasteiger partial charge in [-0.05, 0) is 18.4 Å². The number of oxime groups is 1. The highest BCUT2D eigenvalue weighted by molar-refractivity contribution is 6.02. The molecule has 104 valence electrons. The first-order valence-electron chi connectivity index (χ1n) is 6.48. The lowest BCUT2D eigenvalue weighted by Gasteiger charge is -2.14. The van der Waals surface area contributed by atoms with Crippen LogP contribution in [0.4, 0.5) is 0 Å². The van der Waals surface area contributed by atoms with Gasteiger partial charge in [0.05, 0.1) is 5.92 Å². The van der Waals surface area contributed by atoms with Crippen molar-refractivity contribution in [2.24, 2.45) is 16.8 Å². The number of benzene rings is 1. The maximum absolute atomic E-state index is 11.9. The molecule has 1 atom stereocenters. The summed E-state index contributed by atoms with van der Waals surface area (Å²) in [4.78, 5) is 11.9. The van der Waals surface area contributed by atoms with Gasteiger partial charge in [-0.3, -0.25) is 4.79 Å². The predicted molar refractivity (Wildman–Crippen MR) is 75.0 cm³/mol. The van der Waals surface area contributed by atoms with E-state index in [4.69, 9.17) is 10.9 Å². The molecule has 0 aliphatic heterocycles. The van der Waals surface area contributed by atoms with E-state index in [0.717, 1.165) is 12.8 Å². The van der Waals surface area contributed by atoms with Crippen LogP contribution in [-0.2, 0) is 11.2 Å². The van der Waals surface area contributed by atoms with Crippen LogP contribution in [0.3, 0.4) is 0 Å². The Kier molecular flexibility index (Phi) is 6.43. The van der Waals surface area contributed by atoms with Crippen LogP contribution in [-0.4, -0.2) is 23.5 Å². The molecule has 1 rings (SSSR count). The third-order valence-corrected chi connectivity index (χ3v) is 2.92. The summed E-state index contributed by atoms with van der Waals surface area (Å²) >= 11 is 0. The van der Waals surface area contributed by atoms with E-state index in [1.807, 2.05) is 37.3 Å². The summed E-state index contributed by atoms with van der Waals surface area (Å²) in [6, 6.07) is 9.91. The van der Waals surface area contributed by atoms with E-state index in [1.165, 1.54) is 5.56 Å². The van der Waals surface area contributed by atoms with Gasteiger partial charge < -0.3 is 16.3 Å². The second kappa shape index (κ2) is 8.13. The van der Waals surface area contributed by atoms with Gasteiger partial charge in [0.25, 0.3) is 0 Å². The first-order valence-corrected chi connectivity index (χ1v) is 6.48. The van der Waals surface area contributed by atoms with Crippen molar-refractivity contribution in [3.63, 3.8) is 0 Å². The van der Waals surface area contributed by atoms with Crippen molar-refractivity contribution < 1.29 is 10.0 Å². The zero-order valence-corrected chi connectivity index (χ0v) is 11.2. The highest BCUT2D eigenvalue weighted by atomic mass is 16.4. The van der Waals surface area contributed by atoms with Gasteiger partial charge >= 0.3 is 0 Å². The molecule has 0 spiro atoms. The van der Waals surface area contributed by atoms with Gasteiger partial charge in [0, 0.05) is 6.54 Å². The van der Waals surface area contributed by atoms with Crippen molar-refractivity contribution >= 4 is 11.7 Å². The van der Waals surface area contributed by atoms with Crippen molar-refractivity contribution in [1.29, 1.82) is 0 Å². The van der Waals surface area contributed by atoms with E-state index in [1.54, 1.807) is 0 Å². The minimum absolute atomic E-state index is 0.0286. The fourth-order valence-electron chi connectivity index (χ4n) is 1.87. The Morgan fingerprint density at radius 2 is 2.11 bits per heavy atom. The first-order chi connectivity index (χ1) is 9.19. The predicted octanol–water partition coefficient (Wildman–Crippen LogP) is 1.51. The fraction of sp³-hybridized carbons (Fsp3) is 0.429. The Labute approximate surface area is 113 Å². The van der Waals surface area contributed by atoms with E-state index in [2.05, 4.69) is 10.5 Å². The molecule has 5 nitrogen and oxygen atoms in total. The van der Waals surface area contributed by atoms with Crippen molar-refractivity contribution in [1.82, 2.24) is 5.32 Å². The minimum Gasteiger partial charge on any atom is -0.409 e. The van der Waals surface area contributed by atoms with E-state index in [-0.39, 0.29) is 11.7 Å². The summed E-state index contributed by atoms with van der Waals surface area (Å²) in [7, 11) is 0. The van der Waals surface area contributed by atoms with Gasteiger partial charge in [-0.2, -0.15) is 0 Å². The Morgan fingerprint density at radius 3 is 2.68 bits per heavy atom. The average molecular weight is 263 g/mol. The van der Waals surface area contributed by atoms with Gasteiger partial charge in [-0.15, -0.1) is 0 Å². The molecule has 0 aromatic heterocycles. The molecule has 4 N–H and O–H groups in total. The molecule has 1 amide bonds. The lowest BCUT2D eigenvalue weighted by molar-refractivity contribution is -0.123. The largest absolute Gasteiger partial charge is 0.409 e. The number of hydrogen-bond acceptors (Lipinski definition) is 3. The minimum atomic E-state index is -0.550. The third kappa shape index (κ3) is 4.99. The molecule has 1 aromatic rings. The molecule has 0 saturated carbocycles. The van der Waals surface area contributed by atoms with Crippen LogP contribution in [0.5, 0.6) is 0 Å². The molecular formula is C14H21N3O2. The number of nitrogens with one attached hydrogen (secondary N) is 1. The van der Waals surface area contributed by atoms with Gasteiger partial charge in [0.15, 0.2) is 5.84 Å². The van der Waals surface area contributed by atoms with Crippen molar-refractivity contribution in [2.45, 2.75) is 26.2 Å². The Bertz CT molecular complexity index is 418. The highest BCUT2D eigenvalue weighted by Crippen LogP contribution is 2.07. The molecule has 0 aliphatic rings. The van der Waals surface area contributed by atoms with Crippen LogP contribution in [0, 0.1) is 5.92 Å². The van der Waals surface area contributed by atoms with Crippen molar-refractivity contribution in [3.8, 4) is 0 Å². The number of nitrogens with two attached hydrogens (primary N) is 1. The second-order valence-corrected chi connectivity index (χ2v) is 4.39. The lowest BCUT2D eigenvalue weighted by atomic mass is 10.0. The standard InChI is InChI=1S/C14H21N3O2/c1-2-6-12(13(15)17-19)14(18)16-10-9-11-7-4-3-5-8-11/h3-5,7-8,12,19H,2,6,9-10H2,1H3,(H2,15,17)(H,16,18). The van der Waals surface area contributed by atoms with Gasteiger partial charge in [-0.1, -0.05) is 48.8 Å². The molecule has 0 heterocycles. The van der Waals surface area contributed by atoms with E-state index in [0.29, 0.717) is 13.0 Å². The topological polar surface area (TPSA) is 87.7 Å². The van der Waals surface area contributed by atoms with Crippen LogP contribution >= 0.6 is 0 Å². The van der Waals surface area contributed by atoms with Crippen LogP contribution in [0.1, 0.15) is 25.3 Å². The van der Waals surface area contributed by atoms with Crippen LogP contribution in [0.2, 0.25) is 0 Å². The molecule has 19 heavy (non-hydrogen) atoms. The summed E-state index contributed by atoms with van der Waals surface area (Å²) in [5, 5.41) is 14.4. The van der Waals surface area contributed by atoms with E-state index in [9.17, 15) is 4.79 Å². The fourth-order valence-corrected chi connectivity index (χ4v) is 1.87. The van der Waals surface area contributed by atoms with E-state index < -0.39 is 5.92 Å². The second-order valence-electron chi connectivity index (χ2n) is 4.39. The molecule has 0 saturated heterocycles. The Balaban J connectivity index is 2.44. The molecule has 0 bridgehead atoms. The SMILES string of the molecule is CCCC(C(=O)NCCc1ccccc1)C(N)=NO. The molecule has 0 fully saturated rings. The van der Waals surface area contributed by atoms with Gasteiger partial charge in [0.2, 0.25) is 5.91 Å². The molecule has 1 unspecified atom stereocenters. The summed E-state index contributed by atoms with van der Waals surface area (Å²) < 4.78 is 0. The number of hydrogen-bond donors (Lipinski definition) is 3. The van der Waals surface area contributed by atoms with Gasteiger partial charge in [-0.25, -0.2) is 0 Å². The number of amides is 1. The number of amidine groups is 1. The van der Waals surface area contributed by atoms with Crippen molar-refractivity contribution in [3.05, 3.63) is 35.9 Å². The van der Waals surface area contributed by atoms with Gasteiger partial charge in [0.1, 0.15) is 0 Å². The number of carbonyl (C=O) groups excluding carboxylic acids is 1. The molecule has 5 heteroatoms.